The number of hydrogen-bond donors (Lipinski definition) is 0. The summed E-state index contributed by atoms with van der Waals surface area (Å²) in [7, 11) is 1.61. The van der Waals surface area contributed by atoms with E-state index in [-0.39, 0.29) is 5.91 Å². The lowest BCUT2D eigenvalue weighted by Gasteiger charge is -2.19. The first-order valence-electron chi connectivity index (χ1n) is 4.52. The molecule has 0 aromatic rings. The van der Waals surface area contributed by atoms with Crippen LogP contribution >= 0.6 is 0 Å². The van der Waals surface area contributed by atoms with Gasteiger partial charge < -0.3 is 9.64 Å². The highest BCUT2D eigenvalue weighted by atomic mass is 16.5. The zero-order valence-corrected chi connectivity index (χ0v) is 8.30. The first-order chi connectivity index (χ1) is 5.76. The zero-order valence-electron chi connectivity index (χ0n) is 8.30. The Morgan fingerprint density at radius 1 is 1.42 bits per heavy atom. The van der Waals surface area contributed by atoms with Crippen LogP contribution in [0.3, 0.4) is 0 Å². The van der Waals surface area contributed by atoms with Crippen LogP contribution in [0.25, 0.3) is 0 Å². The van der Waals surface area contributed by atoms with Crippen molar-refractivity contribution in [1.29, 1.82) is 0 Å². The number of carbonyl (C=O) groups excluding carboxylic acids is 1. The van der Waals surface area contributed by atoms with Gasteiger partial charge in [-0.15, -0.1) is 0 Å². The standard InChI is InChI=1S/C9H19NO2/c1-4-7-10(5-2)9(11)6-8-12-3/h4-8H2,1-3H3. The summed E-state index contributed by atoms with van der Waals surface area (Å²) in [6, 6.07) is 0. The Morgan fingerprint density at radius 3 is 2.50 bits per heavy atom. The summed E-state index contributed by atoms with van der Waals surface area (Å²) in [5, 5.41) is 0. The van der Waals surface area contributed by atoms with Gasteiger partial charge in [0, 0.05) is 20.2 Å². The Labute approximate surface area is 74.7 Å². The van der Waals surface area contributed by atoms with Crippen LogP contribution < -0.4 is 0 Å². The molecule has 72 valence electrons. The molecule has 3 heteroatoms. The van der Waals surface area contributed by atoms with Gasteiger partial charge in [-0.2, -0.15) is 0 Å². The van der Waals surface area contributed by atoms with Crippen LogP contribution in [0.4, 0.5) is 0 Å². The second-order valence-corrected chi connectivity index (χ2v) is 2.72. The topological polar surface area (TPSA) is 29.5 Å². The van der Waals surface area contributed by atoms with Crippen LogP contribution in [0.1, 0.15) is 26.7 Å². The van der Waals surface area contributed by atoms with Gasteiger partial charge in [-0.05, 0) is 13.3 Å². The second-order valence-electron chi connectivity index (χ2n) is 2.72. The molecule has 0 fully saturated rings. The number of carbonyl (C=O) groups is 1. The van der Waals surface area contributed by atoms with Gasteiger partial charge in [-0.1, -0.05) is 6.92 Å². The molecule has 1 amide bonds. The first kappa shape index (κ1) is 11.4. The Morgan fingerprint density at radius 2 is 2.08 bits per heavy atom. The summed E-state index contributed by atoms with van der Waals surface area (Å²) in [4.78, 5) is 13.2. The fourth-order valence-electron chi connectivity index (χ4n) is 1.08. The van der Waals surface area contributed by atoms with E-state index in [1.165, 1.54) is 0 Å². The zero-order chi connectivity index (χ0) is 9.40. The molecule has 0 aliphatic rings. The van der Waals surface area contributed by atoms with Gasteiger partial charge in [-0.25, -0.2) is 0 Å². The third-order valence-electron chi connectivity index (χ3n) is 1.75. The Hall–Kier alpha value is -0.570. The normalized spacial score (nSPS) is 9.92. The number of methoxy groups -OCH3 is 1. The summed E-state index contributed by atoms with van der Waals surface area (Å²) < 4.78 is 4.84. The molecule has 0 saturated carbocycles. The molecular weight excluding hydrogens is 154 g/mol. The fraction of sp³-hybridized carbons (Fsp3) is 0.889. The molecule has 0 atom stereocenters. The Balaban J connectivity index is 3.69. The molecule has 3 nitrogen and oxygen atoms in total. The van der Waals surface area contributed by atoms with E-state index in [2.05, 4.69) is 6.92 Å². The van der Waals surface area contributed by atoms with E-state index in [1.807, 2.05) is 11.8 Å². The summed E-state index contributed by atoms with van der Waals surface area (Å²) >= 11 is 0. The average molecular weight is 173 g/mol. The minimum absolute atomic E-state index is 0.196. The van der Waals surface area contributed by atoms with E-state index < -0.39 is 0 Å². The smallest absolute Gasteiger partial charge is 0.224 e. The summed E-state index contributed by atoms with van der Waals surface area (Å²) in [5.74, 6) is 0.196. The molecule has 12 heavy (non-hydrogen) atoms. The number of nitrogens with zero attached hydrogens (tertiary/aromatic N) is 1. The monoisotopic (exact) mass is 173 g/mol. The van der Waals surface area contributed by atoms with Crippen LogP contribution in [0.15, 0.2) is 0 Å². The number of rotatable bonds is 6. The predicted molar refractivity (Wildman–Crippen MR) is 49.0 cm³/mol. The molecule has 0 unspecified atom stereocenters. The molecule has 0 spiro atoms. The molecule has 0 aromatic heterocycles. The van der Waals surface area contributed by atoms with E-state index in [1.54, 1.807) is 7.11 Å². The molecule has 0 heterocycles. The van der Waals surface area contributed by atoms with E-state index in [0.717, 1.165) is 19.5 Å². The van der Waals surface area contributed by atoms with E-state index in [9.17, 15) is 4.79 Å². The van der Waals surface area contributed by atoms with Crippen molar-refractivity contribution in [2.75, 3.05) is 26.8 Å². The van der Waals surface area contributed by atoms with Crippen molar-refractivity contribution in [3.05, 3.63) is 0 Å². The molecular formula is C9H19NO2. The summed E-state index contributed by atoms with van der Waals surface area (Å²) in [6.07, 6.45) is 1.52. The molecule has 0 radical (unpaired) electrons. The quantitative estimate of drug-likeness (QED) is 0.605. The SMILES string of the molecule is CCCN(CC)C(=O)CCOC. The van der Waals surface area contributed by atoms with Crippen LogP contribution in [-0.2, 0) is 9.53 Å². The number of amides is 1. The molecule has 0 rings (SSSR count). The molecule has 0 N–H and O–H groups in total. The van der Waals surface area contributed by atoms with Gasteiger partial charge in [0.25, 0.3) is 0 Å². The van der Waals surface area contributed by atoms with Crippen molar-refractivity contribution < 1.29 is 9.53 Å². The van der Waals surface area contributed by atoms with Crippen molar-refractivity contribution in [2.24, 2.45) is 0 Å². The van der Waals surface area contributed by atoms with E-state index in [4.69, 9.17) is 4.74 Å². The maximum absolute atomic E-state index is 11.4. The van der Waals surface area contributed by atoms with Gasteiger partial charge in [0.05, 0.1) is 13.0 Å². The van der Waals surface area contributed by atoms with Crippen molar-refractivity contribution in [3.63, 3.8) is 0 Å². The van der Waals surface area contributed by atoms with E-state index >= 15 is 0 Å². The molecule has 0 aliphatic heterocycles. The van der Waals surface area contributed by atoms with Gasteiger partial charge >= 0.3 is 0 Å². The lowest BCUT2D eigenvalue weighted by Crippen LogP contribution is -2.32. The molecule has 0 aliphatic carbocycles. The minimum atomic E-state index is 0.196. The maximum atomic E-state index is 11.4. The highest BCUT2D eigenvalue weighted by molar-refractivity contribution is 5.76. The highest BCUT2D eigenvalue weighted by Crippen LogP contribution is 1.95. The van der Waals surface area contributed by atoms with Gasteiger partial charge in [-0.3, -0.25) is 4.79 Å². The molecule has 0 aromatic carbocycles. The molecule has 0 bridgehead atoms. The van der Waals surface area contributed by atoms with E-state index in [0.29, 0.717) is 13.0 Å². The summed E-state index contributed by atoms with van der Waals surface area (Å²) in [6.45, 7) is 6.26. The maximum Gasteiger partial charge on any atom is 0.224 e. The second kappa shape index (κ2) is 7.10. The predicted octanol–water partition coefficient (Wildman–Crippen LogP) is 1.28. The Bertz CT molecular complexity index is 126. The van der Waals surface area contributed by atoms with Gasteiger partial charge in [0.1, 0.15) is 0 Å². The first-order valence-corrected chi connectivity index (χ1v) is 4.52. The fourth-order valence-corrected chi connectivity index (χ4v) is 1.08. The summed E-state index contributed by atoms with van der Waals surface area (Å²) in [5.41, 5.74) is 0. The Kier molecular flexibility index (Phi) is 6.76. The lowest BCUT2D eigenvalue weighted by atomic mass is 10.3. The molecule has 0 saturated heterocycles. The van der Waals surface area contributed by atoms with Gasteiger partial charge in [0.2, 0.25) is 5.91 Å². The van der Waals surface area contributed by atoms with Crippen LogP contribution in [0.5, 0.6) is 0 Å². The average Bonchev–Trinajstić information content (AvgIpc) is 2.10. The minimum Gasteiger partial charge on any atom is -0.384 e. The van der Waals surface area contributed by atoms with Crippen LogP contribution in [0, 0.1) is 0 Å². The highest BCUT2D eigenvalue weighted by Gasteiger charge is 2.08. The van der Waals surface area contributed by atoms with Crippen molar-refractivity contribution in [3.8, 4) is 0 Å². The van der Waals surface area contributed by atoms with Crippen molar-refractivity contribution in [2.45, 2.75) is 26.7 Å². The number of ether oxygens (including phenoxy) is 1. The number of hydrogen-bond acceptors (Lipinski definition) is 2. The third-order valence-corrected chi connectivity index (χ3v) is 1.75. The van der Waals surface area contributed by atoms with Crippen LogP contribution in [0.2, 0.25) is 0 Å². The van der Waals surface area contributed by atoms with Gasteiger partial charge in [0.15, 0.2) is 0 Å². The lowest BCUT2D eigenvalue weighted by molar-refractivity contribution is -0.131. The van der Waals surface area contributed by atoms with Crippen molar-refractivity contribution in [1.82, 2.24) is 4.90 Å². The largest absolute Gasteiger partial charge is 0.384 e. The third kappa shape index (κ3) is 4.34. The van der Waals surface area contributed by atoms with Crippen molar-refractivity contribution >= 4 is 5.91 Å². The van der Waals surface area contributed by atoms with Crippen LogP contribution in [-0.4, -0.2) is 37.6 Å².